The molecule has 59 heavy (non-hydrogen) atoms. The molecule has 2 bridgehead atoms. The van der Waals surface area contributed by atoms with Crippen molar-refractivity contribution in [2.24, 2.45) is 29.2 Å². The van der Waals surface area contributed by atoms with Crippen molar-refractivity contribution in [3.63, 3.8) is 0 Å². The molecule has 1 spiro atoms. The Kier molecular flexibility index (Phi) is 11.6. The number of aromatic nitrogens is 2. The third kappa shape index (κ3) is 8.48. The van der Waals surface area contributed by atoms with Gasteiger partial charge in [-0.15, -0.1) is 9.46 Å². The highest BCUT2D eigenvalue weighted by Crippen LogP contribution is 2.49. The number of methoxy groups -OCH3 is 1. The number of carbonyl (C=O) groups is 3. The maximum Gasteiger partial charge on any atom is 0.286 e. The molecule has 1 saturated heterocycles. The fraction of sp³-hybridized carbons (Fsp3) is 0.535. The minimum atomic E-state index is -3.74. The number of carbonyl (C=O) groups excluding carboxylic acids is 3. The molecular weight excluding hydrogens is 796 g/mol. The number of benzene rings is 2. The summed E-state index contributed by atoms with van der Waals surface area (Å²) >= 11 is 6.49. The fourth-order valence-corrected chi connectivity index (χ4v) is 11.8. The average molecular weight is 849 g/mol. The zero-order valence-electron chi connectivity index (χ0n) is 33.9. The van der Waals surface area contributed by atoms with E-state index in [0.29, 0.717) is 68.9 Å². The summed E-state index contributed by atoms with van der Waals surface area (Å²) < 4.78 is 40.5. The van der Waals surface area contributed by atoms with Gasteiger partial charge in [0.25, 0.3) is 11.8 Å². The van der Waals surface area contributed by atoms with Crippen molar-refractivity contribution in [1.29, 1.82) is 0 Å². The van der Waals surface area contributed by atoms with E-state index >= 15 is 0 Å². The van der Waals surface area contributed by atoms with Crippen molar-refractivity contribution in [2.75, 3.05) is 63.8 Å². The molecule has 2 N–H and O–H groups in total. The van der Waals surface area contributed by atoms with E-state index in [-0.39, 0.29) is 52.8 Å². The van der Waals surface area contributed by atoms with Crippen LogP contribution in [0.4, 0.5) is 5.69 Å². The van der Waals surface area contributed by atoms with E-state index in [9.17, 15) is 23.7 Å². The van der Waals surface area contributed by atoms with Crippen molar-refractivity contribution in [1.82, 2.24) is 19.4 Å². The summed E-state index contributed by atoms with van der Waals surface area (Å²) in [6.45, 7) is 5.22. The van der Waals surface area contributed by atoms with Crippen LogP contribution in [-0.2, 0) is 38.3 Å². The van der Waals surface area contributed by atoms with Crippen LogP contribution in [0, 0.1) is 17.8 Å². The number of fused-ring (bicyclic) bond motifs is 4. The molecule has 3 aliphatic heterocycles. The Hall–Kier alpha value is -4.44. The fourth-order valence-electron chi connectivity index (χ4n) is 9.68. The first-order valence-corrected chi connectivity index (χ1v) is 22.6. The van der Waals surface area contributed by atoms with Crippen LogP contribution in [0.25, 0.3) is 0 Å². The molecular formula is C43H53ClN6O8S. The van der Waals surface area contributed by atoms with E-state index < -0.39 is 32.7 Å². The SMILES string of the molecule is COc1nn(C)cc1C(=O)NS1(=O)=NC(=O)c2ccc3c(c2)N(C[C@@H]2CC[C@H]2[C@@](O)(CC(=O)N2CCOCC2)/C=C\C[C@H](C)C1)C[C@@]1(CCCc2cc(Cl)ccc21)CO3. The van der Waals surface area contributed by atoms with Gasteiger partial charge in [0.15, 0.2) is 0 Å². The van der Waals surface area contributed by atoms with Gasteiger partial charge in [-0.25, -0.2) is 4.21 Å². The van der Waals surface area contributed by atoms with Gasteiger partial charge in [-0.3, -0.25) is 23.8 Å². The second-order valence-electron chi connectivity index (χ2n) is 17.0. The number of aliphatic hydroxyl groups is 1. The molecule has 16 heteroatoms. The quantitative estimate of drug-likeness (QED) is 0.330. The van der Waals surface area contributed by atoms with Crippen molar-refractivity contribution in [3.8, 4) is 11.6 Å². The Morgan fingerprint density at radius 2 is 1.97 bits per heavy atom. The molecule has 2 aliphatic carbocycles. The number of anilines is 1. The smallest absolute Gasteiger partial charge is 0.286 e. The summed E-state index contributed by atoms with van der Waals surface area (Å²) in [5, 5.41) is 17.5. The molecule has 4 heterocycles. The molecule has 1 aromatic heterocycles. The largest absolute Gasteiger partial charge is 0.490 e. The van der Waals surface area contributed by atoms with E-state index in [1.165, 1.54) is 29.1 Å². The summed E-state index contributed by atoms with van der Waals surface area (Å²) in [7, 11) is -0.731. The van der Waals surface area contributed by atoms with Crippen molar-refractivity contribution >= 4 is 44.9 Å². The van der Waals surface area contributed by atoms with Gasteiger partial charge >= 0.3 is 0 Å². The molecule has 8 rings (SSSR count). The van der Waals surface area contributed by atoms with Crippen molar-refractivity contribution in [3.05, 3.63) is 82.0 Å². The topological polar surface area (TPSA) is 165 Å². The maximum absolute atomic E-state index is 14.8. The number of halogens is 1. The predicted octanol–water partition coefficient (Wildman–Crippen LogP) is 5.11. The molecule has 5 aliphatic rings. The van der Waals surface area contributed by atoms with E-state index in [2.05, 4.69) is 25.1 Å². The van der Waals surface area contributed by atoms with Gasteiger partial charge in [0.1, 0.15) is 21.2 Å². The normalized spacial score (nSPS) is 30.1. The lowest BCUT2D eigenvalue weighted by molar-refractivity contribution is -0.143. The van der Waals surface area contributed by atoms with Gasteiger partial charge in [0.2, 0.25) is 11.8 Å². The first-order valence-electron chi connectivity index (χ1n) is 20.5. The molecule has 3 aromatic rings. The number of rotatable bonds is 5. The van der Waals surface area contributed by atoms with E-state index in [1.54, 1.807) is 36.2 Å². The van der Waals surface area contributed by atoms with Crippen LogP contribution in [0.15, 0.2) is 59.1 Å². The summed E-state index contributed by atoms with van der Waals surface area (Å²) in [6, 6.07) is 11.2. The van der Waals surface area contributed by atoms with Crippen molar-refractivity contribution in [2.45, 2.75) is 62.9 Å². The van der Waals surface area contributed by atoms with Crippen LogP contribution < -0.4 is 19.1 Å². The van der Waals surface area contributed by atoms with Crippen LogP contribution in [0.2, 0.25) is 5.02 Å². The van der Waals surface area contributed by atoms with E-state index in [1.807, 2.05) is 25.1 Å². The Bertz CT molecular complexity index is 2280. The van der Waals surface area contributed by atoms with Crippen LogP contribution in [0.3, 0.4) is 0 Å². The van der Waals surface area contributed by atoms with Gasteiger partial charge in [-0.05, 0) is 97.7 Å². The second-order valence-corrected chi connectivity index (χ2v) is 19.4. The van der Waals surface area contributed by atoms with E-state index in [0.717, 1.165) is 32.1 Å². The monoisotopic (exact) mass is 848 g/mol. The highest BCUT2D eigenvalue weighted by atomic mass is 35.5. The van der Waals surface area contributed by atoms with Crippen molar-refractivity contribution < 1.29 is 37.9 Å². The third-order valence-electron chi connectivity index (χ3n) is 12.8. The Labute approximate surface area is 350 Å². The highest BCUT2D eigenvalue weighted by molar-refractivity contribution is 7.92. The average Bonchev–Trinajstić information content (AvgIpc) is 3.51. The number of allylic oxidation sites excluding steroid dienone is 1. The minimum absolute atomic E-state index is 0.0196. The number of nitrogens with one attached hydrogen (secondary N) is 1. The lowest BCUT2D eigenvalue weighted by Gasteiger charge is -2.49. The van der Waals surface area contributed by atoms with Gasteiger partial charge in [0.05, 0.1) is 50.4 Å². The van der Waals surface area contributed by atoms with Crippen LogP contribution in [-0.4, -0.2) is 106 Å². The number of amides is 3. The molecule has 6 atom stereocenters. The third-order valence-corrected chi connectivity index (χ3v) is 15.0. The molecule has 2 aromatic carbocycles. The Morgan fingerprint density at radius 1 is 1.15 bits per heavy atom. The van der Waals surface area contributed by atoms with Gasteiger partial charge in [-0.2, -0.15) is 0 Å². The zero-order valence-corrected chi connectivity index (χ0v) is 35.4. The first-order chi connectivity index (χ1) is 28.3. The van der Waals surface area contributed by atoms with Crippen LogP contribution in [0.5, 0.6) is 11.6 Å². The molecule has 3 amide bonds. The predicted molar refractivity (Wildman–Crippen MR) is 223 cm³/mol. The van der Waals surface area contributed by atoms with Crippen LogP contribution >= 0.6 is 11.6 Å². The highest BCUT2D eigenvalue weighted by Gasteiger charge is 2.49. The lowest BCUT2D eigenvalue weighted by atomic mass is 9.63. The maximum atomic E-state index is 14.8. The van der Waals surface area contributed by atoms with E-state index in [4.69, 9.17) is 25.8 Å². The molecule has 1 unspecified atom stereocenters. The summed E-state index contributed by atoms with van der Waals surface area (Å²) in [6.07, 6.45) is 9.63. The molecule has 316 valence electrons. The Morgan fingerprint density at radius 3 is 2.73 bits per heavy atom. The number of aryl methyl sites for hydroxylation is 2. The molecule has 14 nitrogen and oxygen atoms in total. The first kappa shape index (κ1) is 41.3. The zero-order chi connectivity index (χ0) is 41.5. The molecule has 0 radical (unpaired) electrons. The standard InChI is InChI=1S/C43H53ClN6O8S/c1-28-6-4-15-43(54,22-38(51)49-16-18-57-19-17-49)35-11-8-31(35)23-50-26-42(14-5-7-29-20-32(44)10-12-34(29)42)27-58-37-13-9-30(21-36(37)50)39(52)46-59(55,25-28)47-40(53)33-24-48(2)45-41(33)56-3/h4,9-10,12-13,15,20-21,24,28,31,35,54H,5-8,11,14,16-19,22-23,25-27H2,1-3H3,(H,46,47,52,53,55)/b15-4-/t28-,31-,35+,42-,43-,59?/m0/s1. The minimum Gasteiger partial charge on any atom is -0.490 e. The number of nitrogens with zero attached hydrogens (tertiary/aromatic N) is 5. The second kappa shape index (κ2) is 16.5. The molecule has 2 fully saturated rings. The number of morpholine rings is 1. The summed E-state index contributed by atoms with van der Waals surface area (Å²) in [5.41, 5.74) is 1.46. The molecule has 1 saturated carbocycles. The lowest BCUT2D eigenvalue weighted by Crippen LogP contribution is -2.54. The summed E-state index contributed by atoms with van der Waals surface area (Å²) in [4.78, 5) is 45.7. The number of ether oxygens (including phenoxy) is 3. The number of hydrogen-bond donors (Lipinski definition) is 2. The summed E-state index contributed by atoms with van der Waals surface area (Å²) in [5.74, 6) is -1.72. The Balaban J connectivity index is 1.21. The number of hydrogen-bond acceptors (Lipinski definition) is 10. The van der Waals surface area contributed by atoms with Gasteiger partial charge in [0, 0.05) is 55.4 Å². The van der Waals surface area contributed by atoms with Crippen LogP contribution in [0.1, 0.15) is 77.3 Å². The van der Waals surface area contributed by atoms with Gasteiger partial charge < -0.3 is 29.1 Å². The van der Waals surface area contributed by atoms with Gasteiger partial charge in [-0.1, -0.05) is 36.7 Å².